The number of ether oxygens (including phenoxy) is 3. The van der Waals surface area contributed by atoms with E-state index in [0.29, 0.717) is 17.9 Å². The van der Waals surface area contributed by atoms with E-state index in [-0.39, 0.29) is 12.4 Å². The molecule has 1 unspecified atom stereocenters. The SMILES string of the molecule is CN(C)C(=O)Oc1cccc(C(CCOc2ccc(F)cc2)N(C)C(=O)OC(C)(C)C)c1. The van der Waals surface area contributed by atoms with Crippen LogP contribution in [0.15, 0.2) is 48.5 Å². The highest BCUT2D eigenvalue weighted by Crippen LogP contribution is 2.28. The Labute approximate surface area is 188 Å². The Morgan fingerprint density at radius 1 is 0.969 bits per heavy atom. The fourth-order valence-electron chi connectivity index (χ4n) is 2.84. The molecule has 2 aromatic carbocycles. The second-order valence-electron chi connectivity index (χ2n) is 8.53. The van der Waals surface area contributed by atoms with Crippen LogP contribution in [0.1, 0.15) is 38.8 Å². The summed E-state index contributed by atoms with van der Waals surface area (Å²) in [6.07, 6.45) is -0.558. The summed E-state index contributed by atoms with van der Waals surface area (Å²) in [5, 5.41) is 0. The van der Waals surface area contributed by atoms with Crippen molar-refractivity contribution in [2.24, 2.45) is 0 Å². The van der Waals surface area contributed by atoms with E-state index in [2.05, 4.69) is 0 Å². The van der Waals surface area contributed by atoms with E-state index in [1.165, 1.54) is 21.9 Å². The summed E-state index contributed by atoms with van der Waals surface area (Å²) >= 11 is 0. The standard InChI is InChI=1S/C24H31FN2O5/c1-24(2,3)32-23(29)27(6)21(14-15-30-19-12-10-18(25)11-13-19)17-8-7-9-20(16-17)31-22(28)26(4)5/h7-13,16,21H,14-15H2,1-6H3. The second-order valence-corrected chi connectivity index (χ2v) is 8.53. The van der Waals surface area contributed by atoms with Gasteiger partial charge >= 0.3 is 12.2 Å². The van der Waals surface area contributed by atoms with Crippen molar-refractivity contribution in [1.29, 1.82) is 0 Å². The molecular weight excluding hydrogens is 415 g/mol. The van der Waals surface area contributed by atoms with E-state index < -0.39 is 23.8 Å². The van der Waals surface area contributed by atoms with Crippen molar-refractivity contribution < 1.29 is 28.2 Å². The molecule has 0 spiro atoms. The average Bonchev–Trinajstić information content (AvgIpc) is 2.71. The van der Waals surface area contributed by atoms with Gasteiger partial charge in [-0.3, -0.25) is 0 Å². The first kappa shape index (κ1) is 25.0. The molecule has 1 atom stereocenters. The first-order chi connectivity index (χ1) is 15.0. The Morgan fingerprint density at radius 2 is 1.62 bits per heavy atom. The van der Waals surface area contributed by atoms with Crippen LogP contribution in [0.5, 0.6) is 11.5 Å². The minimum atomic E-state index is -0.649. The maximum absolute atomic E-state index is 13.1. The van der Waals surface area contributed by atoms with E-state index in [9.17, 15) is 14.0 Å². The van der Waals surface area contributed by atoms with Gasteiger partial charge in [-0.25, -0.2) is 14.0 Å². The second kappa shape index (κ2) is 10.8. The maximum atomic E-state index is 13.1. The molecule has 0 saturated carbocycles. The van der Waals surface area contributed by atoms with E-state index in [1.807, 2.05) is 6.07 Å². The van der Waals surface area contributed by atoms with Crippen LogP contribution in [0, 0.1) is 5.82 Å². The van der Waals surface area contributed by atoms with Crippen LogP contribution in [0.25, 0.3) is 0 Å². The number of hydrogen-bond donors (Lipinski definition) is 0. The normalized spacial score (nSPS) is 12.0. The molecule has 2 aromatic rings. The van der Waals surface area contributed by atoms with Gasteiger partial charge in [-0.15, -0.1) is 0 Å². The summed E-state index contributed by atoms with van der Waals surface area (Å²) in [5.74, 6) is 0.547. The third-order valence-electron chi connectivity index (χ3n) is 4.44. The van der Waals surface area contributed by atoms with Gasteiger partial charge in [-0.1, -0.05) is 12.1 Å². The Balaban J connectivity index is 2.21. The summed E-state index contributed by atoms with van der Waals surface area (Å²) < 4.78 is 29.7. The lowest BCUT2D eigenvalue weighted by molar-refractivity contribution is 0.0200. The molecule has 2 amide bonds. The Hall–Kier alpha value is -3.29. The van der Waals surface area contributed by atoms with E-state index in [4.69, 9.17) is 14.2 Å². The first-order valence-electron chi connectivity index (χ1n) is 10.3. The zero-order chi connectivity index (χ0) is 23.9. The van der Waals surface area contributed by atoms with Gasteiger partial charge in [0.25, 0.3) is 0 Å². The quantitative estimate of drug-likeness (QED) is 0.580. The van der Waals surface area contributed by atoms with Crippen molar-refractivity contribution in [1.82, 2.24) is 9.80 Å². The van der Waals surface area contributed by atoms with Gasteiger partial charge in [-0.2, -0.15) is 0 Å². The summed E-state index contributed by atoms with van der Waals surface area (Å²) in [4.78, 5) is 27.5. The molecule has 2 rings (SSSR count). The van der Waals surface area contributed by atoms with Crippen molar-refractivity contribution in [3.8, 4) is 11.5 Å². The average molecular weight is 447 g/mol. The minimum absolute atomic E-state index is 0.269. The monoisotopic (exact) mass is 446 g/mol. The van der Waals surface area contributed by atoms with Crippen LogP contribution in [0.4, 0.5) is 14.0 Å². The Bertz CT molecular complexity index is 909. The number of carbonyl (C=O) groups is 2. The highest BCUT2D eigenvalue weighted by molar-refractivity contribution is 5.70. The van der Waals surface area contributed by atoms with Crippen molar-refractivity contribution in [2.75, 3.05) is 27.7 Å². The fraction of sp³-hybridized carbons (Fsp3) is 0.417. The fourth-order valence-corrected chi connectivity index (χ4v) is 2.84. The number of amides is 2. The minimum Gasteiger partial charge on any atom is -0.494 e. The number of rotatable bonds is 7. The van der Waals surface area contributed by atoms with E-state index in [0.717, 1.165) is 5.56 Å². The van der Waals surface area contributed by atoms with Gasteiger partial charge in [0.15, 0.2) is 0 Å². The van der Waals surface area contributed by atoms with Gasteiger partial charge in [0, 0.05) is 27.6 Å². The number of hydrogen-bond acceptors (Lipinski definition) is 5. The van der Waals surface area contributed by atoms with Crippen LogP contribution in [0.3, 0.4) is 0 Å². The van der Waals surface area contributed by atoms with Crippen molar-refractivity contribution in [3.05, 3.63) is 59.9 Å². The van der Waals surface area contributed by atoms with Crippen molar-refractivity contribution in [3.63, 3.8) is 0 Å². The lowest BCUT2D eigenvalue weighted by Crippen LogP contribution is -2.37. The molecule has 0 N–H and O–H groups in total. The number of benzene rings is 2. The molecule has 7 nitrogen and oxygen atoms in total. The predicted octanol–water partition coefficient (Wildman–Crippen LogP) is 5.26. The van der Waals surface area contributed by atoms with Crippen LogP contribution < -0.4 is 9.47 Å². The topological polar surface area (TPSA) is 68.3 Å². The van der Waals surface area contributed by atoms with Crippen LogP contribution in [0.2, 0.25) is 0 Å². The van der Waals surface area contributed by atoms with Crippen LogP contribution >= 0.6 is 0 Å². The van der Waals surface area contributed by atoms with Crippen LogP contribution in [-0.2, 0) is 4.74 Å². The largest absolute Gasteiger partial charge is 0.494 e. The molecule has 32 heavy (non-hydrogen) atoms. The third-order valence-corrected chi connectivity index (χ3v) is 4.44. The third kappa shape index (κ3) is 7.76. The zero-order valence-corrected chi connectivity index (χ0v) is 19.4. The molecule has 0 aliphatic heterocycles. The molecule has 0 saturated heterocycles. The lowest BCUT2D eigenvalue weighted by Gasteiger charge is -2.31. The van der Waals surface area contributed by atoms with Gasteiger partial charge in [0.05, 0.1) is 12.6 Å². The molecule has 8 heteroatoms. The van der Waals surface area contributed by atoms with E-state index >= 15 is 0 Å². The molecule has 0 bridgehead atoms. The molecule has 0 aliphatic rings. The maximum Gasteiger partial charge on any atom is 0.414 e. The molecule has 174 valence electrons. The smallest absolute Gasteiger partial charge is 0.414 e. The molecule has 0 radical (unpaired) electrons. The number of carbonyl (C=O) groups excluding carboxylic acids is 2. The Kier molecular flexibility index (Phi) is 8.46. The van der Waals surface area contributed by atoms with Crippen molar-refractivity contribution in [2.45, 2.75) is 38.8 Å². The first-order valence-corrected chi connectivity index (χ1v) is 10.3. The van der Waals surface area contributed by atoms with Crippen molar-refractivity contribution >= 4 is 12.2 Å². The van der Waals surface area contributed by atoms with Gasteiger partial charge < -0.3 is 24.0 Å². The molecule has 0 aliphatic carbocycles. The summed E-state index contributed by atoms with van der Waals surface area (Å²) in [6.45, 7) is 5.66. The van der Waals surface area contributed by atoms with Gasteiger partial charge in [-0.05, 0) is 62.7 Å². The van der Waals surface area contributed by atoms with Gasteiger partial charge in [0.2, 0.25) is 0 Å². The van der Waals surface area contributed by atoms with Gasteiger partial charge in [0.1, 0.15) is 22.9 Å². The highest BCUT2D eigenvalue weighted by Gasteiger charge is 2.27. The number of nitrogens with zero attached hydrogens (tertiary/aromatic N) is 2. The molecule has 0 fully saturated rings. The molecular formula is C24H31FN2O5. The highest BCUT2D eigenvalue weighted by atomic mass is 19.1. The lowest BCUT2D eigenvalue weighted by atomic mass is 10.0. The van der Waals surface area contributed by atoms with Crippen LogP contribution in [-0.4, -0.2) is 55.3 Å². The van der Waals surface area contributed by atoms with E-state index in [1.54, 1.807) is 72.2 Å². The number of halogens is 1. The Morgan fingerprint density at radius 3 is 2.22 bits per heavy atom. The zero-order valence-electron chi connectivity index (χ0n) is 19.4. The predicted molar refractivity (Wildman–Crippen MR) is 119 cm³/mol. The summed E-state index contributed by atoms with van der Waals surface area (Å²) in [5.41, 5.74) is 0.106. The summed E-state index contributed by atoms with van der Waals surface area (Å²) in [6, 6.07) is 12.3. The molecule has 0 aromatic heterocycles. The summed E-state index contributed by atoms with van der Waals surface area (Å²) in [7, 11) is 4.84. The molecule has 0 heterocycles.